The van der Waals surface area contributed by atoms with Crippen LogP contribution in [0.3, 0.4) is 0 Å². The van der Waals surface area contributed by atoms with Crippen molar-refractivity contribution in [1.82, 2.24) is 0 Å². The van der Waals surface area contributed by atoms with E-state index in [1.807, 2.05) is 44.2 Å². The molecule has 0 aliphatic heterocycles. The van der Waals surface area contributed by atoms with Crippen LogP contribution >= 0.6 is 0 Å². The van der Waals surface area contributed by atoms with Crippen LogP contribution in [0.1, 0.15) is 19.4 Å². The standard InChI is InChI=1S/C19H21NO4/c1-14(2)20(16-6-4-3-5-7-16)18(22)13-24-19(23)12-15-8-10-17(21)11-9-15/h3-11,14,21H,12-13H2,1-2H3. The molecule has 5 nitrogen and oxygen atoms in total. The lowest BCUT2D eigenvalue weighted by Gasteiger charge is -2.26. The van der Waals surface area contributed by atoms with Crippen LogP contribution in [0.25, 0.3) is 0 Å². The van der Waals surface area contributed by atoms with Gasteiger partial charge in [-0.3, -0.25) is 9.59 Å². The van der Waals surface area contributed by atoms with E-state index < -0.39 is 5.97 Å². The average Bonchev–Trinajstić information content (AvgIpc) is 2.56. The van der Waals surface area contributed by atoms with Gasteiger partial charge in [0.05, 0.1) is 6.42 Å². The topological polar surface area (TPSA) is 66.8 Å². The Hall–Kier alpha value is -2.82. The Morgan fingerprint density at radius 3 is 2.25 bits per heavy atom. The Morgan fingerprint density at radius 2 is 1.67 bits per heavy atom. The summed E-state index contributed by atoms with van der Waals surface area (Å²) in [7, 11) is 0. The van der Waals surface area contributed by atoms with Gasteiger partial charge in [-0.1, -0.05) is 30.3 Å². The van der Waals surface area contributed by atoms with Gasteiger partial charge in [-0.25, -0.2) is 0 Å². The molecule has 0 bridgehead atoms. The summed E-state index contributed by atoms with van der Waals surface area (Å²) in [6, 6.07) is 15.5. The molecule has 2 aromatic carbocycles. The second-order valence-electron chi connectivity index (χ2n) is 5.70. The zero-order chi connectivity index (χ0) is 17.5. The normalized spacial score (nSPS) is 10.5. The van der Waals surface area contributed by atoms with E-state index in [2.05, 4.69) is 0 Å². The number of carbonyl (C=O) groups is 2. The number of esters is 1. The summed E-state index contributed by atoms with van der Waals surface area (Å²) in [5.41, 5.74) is 1.49. The quantitative estimate of drug-likeness (QED) is 0.829. The van der Waals surface area contributed by atoms with Crippen molar-refractivity contribution in [1.29, 1.82) is 0 Å². The van der Waals surface area contributed by atoms with Crippen molar-refractivity contribution >= 4 is 17.6 Å². The first kappa shape index (κ1) is 17.5. The van der Waals surface area contributed by atoms with Gasteiger partial charge >= 0.3 is 5.97 Å². The van der Waals surface area contributed by atoms with E-state index >= 15 is 0 Å². The maximum Gasteiger partial charge on any atom is 0.310 e. The van der Waals surface area contributed by atoms with Gasteiger partial charge in [0, 0.05) is 11.7 Å². The zero-order valence-corrected chi connectivity index (χ0v) is 13.8. The maximum atomic E-state index is 12.4. The van der Waals surface area contributed by atoms with Gasteiger partial charge in [-0.2, -0.15) is 0 Å². The van der Waals surface area contributed by atoms with Gasteiger partial charge in [0.25, 0.3) is 5.91 Å². The molecule has 0 atom stereocenters. The molecule has 126 valence electrons. The highest BCUT2D eigenvalue weighted by Crippen LogP contribution is 2.17. The number of benzene rings is 2. The number of nitrogens with zero attached hydrogens (tertiary/aromatic N) is 1. The molecular formula is C19H21NO4. The number of aromatic hydroxyl groups is 1. The van der Waals surface area contributed by atoms with Crippen molar-refractivity contribution in [3.05, 3.63) is 60.2 Å². The Kier molecular flexibility index (Phi) is 5.95. The van der Waals surface area contributed by atoms with Crippen LogP contribution in [0.5, 0.6) is 5.75 Å². The van der Waals surface area contributed by atoms with Gasteiger partial charge < -0.3 is 14.7 Å². The largest absolute Gasteiger partial charge is 0.508 e. The number of phenols is 1. The highest BCUT2D eigenvalue weighted by molar-refractivity contribution is 5.95. The minimum absolute atomic E-state index is 0.0456. The highest BCUT2D eigenvalue weighted by atomic mass is 16.5. The zero-order valence-electron chi connectivity index (χ0n) is 13.8. The molecular weight excluding hydrogens is 306 g/mol. The van der Waals surface area contributed by atoms with Crippen LogP contribution < -0.4 is 4.90 Å². The lowest BCUT2D eigenvalue weighted by Crippen LogP contribution is -2.40. The first-order valence-electron chi connectivity index (χ1n) is 7.78. The number of hydrogen-bond acceptors (Lipinski definition) is 4. The SMILES string of the molecule is CC(C)N(C(=O)COC(=O)Cc1ccc(O)cc1)c1ccccc1. The minimum Gasteiger partial charge on any atom is -0.508 e. The Balaban J connectivity index is 1.93. The third-order valence-corrected chi connectivity index (χ3v) is 3.46. The summed E-state index contributed by atoms with van der Waals surface area (Å²) in [6.07, 6.45) is 0.0561. The third-order valence-electron chi connectivity index (χ3n) is 3.46. The van der Waals surface area contributed by atoms with E-state index in [4.69, 9.17) is 4.74 Å². The van der Waals surface area contributed by atoms with Gasteiger partial charge in [0.1, 0.15) is 5.75 Å². The summed E-state index contributed by atoms with van der Waals surface area (Å²) in [5, 5.41) is 9.22. The van der Waals surface area contributed by atoms with Crippen LogP contribution in [0.4, 0.5) is 5.69 Å². The van der Waals surface area contributed by atoms with E-state index in [9.17, 15) is 14.7 Å². The average molecular weight is 327 g/mol. The van der Waals surface area contributed by atoms with E-state index in [-0.39, 0.29) is 30.7 Å². The van der Waals surface area contributed by atoms with E-state index in [1.165, 1.54) is 12.1 Å². The van der Waals surface area contributed by atoms with Crippen molar-refractivity contribution in [2.45, 2.75) is 26.3 Å². The number of anilines is 1. The number of hydrogen-bond donors (Lipinski definition) is 1. The smallest absolute Gasteiger partial charge is 0.310 e. The van der Waals surface area contributed by atoms with Gasteiger partial charge in [0.2, 0.25) is 0 Å². The first-order chi connectivity index (χ1) is 11.5. The molecule has 5 heteroatoms. The molecule has 2 rings (SSSR count). The van der Waals surface area contributed by atoms with Crippen LogP contribution in [0.15, 0.2) is 54.6 Å². The minimum atomic E-state index is -0.481. The molecule has 0 spiro atoms. The Labute approximate surface area is 141 Å². The van der Waals surface area contributed by atoms with Gasteiger partial charge in [-0.05, 0) is 43.7 Å². The molecule has 24 heavy (non-hydrogen) atoms. The van der Waals surface area contributed by atoms with Crippen molar-refractivity contribution < 1.29 is 19.4 Å². The predicted molar refractivity (Wildman–Crippen MR) is 91.8 cm³/mol. The molecule has 0 aromatic heterocycles. The number of carbonyl (C=O) groups excluding carboxylic acids is 2. The van der Waals surface area contributed by atoms with Crippen molar-refractivity contribution in [2.75, 3.05) is 11.5 Å². The fraction of sp³-hybridized carbons (Fsp3) is 0.263. The van der Waals surface area contributed by atoms with E-state index in [1.54, 1.807) is 17.0 Å². The number of ether oxygens (including phenoxy) is 1. The summed E-state index contributed by atoms with van der Waals surface area (Å²) in [6.45, 7) is 3.51. The monoisotopic (exact) mass is 327 g/mol. The van der Waals surface area contributed by atoms with Crippen molar-refractivity contribution in [2.24, 2.45) is 0 Å². The summed E-state index contributed by atoms with van der Waals surface area (Å²) in [4.78, 5) is 25.9. The molecule has 0 radical (unpaired) electrons. The second-order valence-corrected chi connectivity index (χ2v) is 5.70. The van der Waals surface area contributed by atoms with Gasteiger partial charge in [-0.15, -0.1) is 0 Å². The Bertz CT molecular complexity index is 680. The summed E-state index contributed by atoms with van der Waals surface area (Å²) in [5.74, 6) is -0.612. The van der Waals surface area contributed by atoms with Crippen LogP contribution in [-0.4, -0.2) is 29.6 Å². The van der Waals surface area contributed by atoms with Crippen LogP contribution in [0, 0.1) is 0 Å². The first-order valence-corrected chi connectivity index (χ1v) is 7.78. The number of rotatable bonds is 6. The molecule has 0 aliphatic rings. The Morgan fingerprint density at radius 1 is 1.04 bits per heavy atom. The molecule has 0 unspecified atom stereocenters. The molecule has 0 aliphatic carbocycles. The predicted octanol–water partition coefficient (Wildman–Crippen LogP) is 2.92. The lowest BCUT2D eigenvalue weighted by atomic mass is 10.1. The van der Waals surface area contributed by atoms with Crippen LogP contribution in [-0.2, 0) is 20.7 Å². The maximum absolute atomic E-state index is 12.4. The second kappa shape index (κ2) is 8.15. The van der Waals surface area contributed by atoms with E-state index in [0.717, 1.165) is 5.69 Å². The molecule has 0 saturated heterocycles. The molecule has 0 heterocycles. The molecule has 0 fully saturated rings. The summed E-state index contributed by atoms with van der Waals surface area (Å²) >= 11 is 0. The molecule has 2 aromatic rings. The van der Waals surface area contributed by atoms with Crippen LogP contribution in [0.2, 0.25) is 0 Å². The lowest BCUT2D eigenvalue weighted by molar-refractivity contribution is -0.147. The highest BCUT2D eigenvalue weighted by Gasteiger charge is 2.20. The molecule has 1 N–H and O–H groups in total. The van der Waals surface area contributed by atoms with Crippen molar-refractivity contribution in [3.63, 3.8) is 0 Å². The molecule has 0 saturated carbocycles. The summed E-state index contributed by atoms with van der Waals surface area (Å²) < 4.78 is 5.10. The van der Waals surface area contributed by atoms with Crippen molar-refractivity contribution in [3.8, 4) is 5.75 Å². The number of phenolic OH excluding ortho intramolecular Hbond substituents is 1. The fourth-order valence-corrected chi connectivity index (χ4v) is 2.36. The third kappa shape index (κ3) is 4.84. The number of amides is 1. The fourth-order valence-electron chi connectivity index (χ4n) is 2.36. The number of para-hydroxylation sites is 1. The van der Waals surface area contributed by atoms with Gasteiger partial charge in [0.15, 0.2) is 6.61 Å². The molecule has 1 amide bonds. The van der Waals surface area contributed by atoms with E-state index in [0.29, 0.717) is 5.56 Å².